The van der Waals surface area contributed by atoms with E-state index in [1.54, 1.807) is 35.4 Å². The van der Waals surface area contributed by atoms with Crippen molar-refractivity contribution in [3.8, 4) is 5.75 Å². The molecule has 6 heteroatoms. The Bertz CT molecular complexity index is 827. The highest BCUT2D eigenvalue weighted by atomic mass is 19.1. The standard InChI is InChI=1S/C23H29FN2O3/c1-3-4-5-11-23(28)12-13-26(22(27)18-10-9-17(2)25-15-18)16-21(23)29-20-8-6-7-19(24)14-20/h6-10,14-15,21,28H,3-5,11-13,16H2,1-2H3/t21-,23-/m0/s1. The number of carbonyl (C=O) groups excluding carboxylic acids is 1. The number of likely N-dealkylation sites (tertiary alicyclic amines) is 1. The van der Waals surface area contributed by atoms with Crippen molar-refractivity contribution in [3.05, 3.63) is 59.7 Å². The number of aryl methyl sites for hydroxylation is 1. The van der Waals surface area contributed by atoms with Crippen molar-refractivity contribution in [1.82, 2.24) is 9.88 Å². The third-order valence-electron chi connectivity index (χ3n) is 5.53. The lowest BCUT2D eigenvalue weighted by Crippen LogP contribution is -2.59. The van der Waals surface area contributed by atoms with Crippen LogP contribution in [-0.4, -0.2) is 45.7 Å². The second-order valence-corrected chi connectivity index (χ2v) is 7.81. The molecule has 0 spiro atoms. The summed E-state index contributed by atoms with van der Waals surface area (Å²) in [5.41, 5.74) is 0.304. The van der Waals surface area contributed by atoms with E-state index in [-0.39, 0.29) is 12.5 Å². The molecular weight excluding hydrogens is 371 g/mol. The zero-order valence-corrected chi connectivity index (χ0v) is 17.1. The predicted octanol–water partition coefficient (Wildman–Crippen LogP) is 4.13. The van der Waals surface area contributed by atoms with Gasteiger partial charge in [-0.15, -0.1) is 0 Å². The first-order valence-electron chi connectivity index (χ1n) is 10.3. The number of piperidine rings is 1. The van der Waals surface area contributed by atoms with E-state index >= 15 is 0 Å². The smallest absolute Gasteiger partial charge is 0.255 e. The summed E-state index contributed by atoms with van der Waals surface area (Å²) in [6, 6.07) is 9.46. The van der Waals surface area contributed by atoms with Crippen LogP contribution in [0.25, 0.3) is 0 Å². The van der Waals surface area contributed by atoms with E-state index in [0.29, 0.717) is 30.7 Å². The minimum absolute atomic E-state index is 0.138. The van der Waals surface area contributed by atoms with E-state index < -0.39 is 17.5 Å². The quantitative estimate of drug-likeness (QED) is 0.710. The molecule has 0 radical (unpaired) electrons. The van der Waals surface area contributed by atoms with Crippen LogP contribution < -0.4 is 4.74 Å². The lowest BCUT2D eigenvalue weighted by Gasteiger charge is -2.44. The van der Waals surface area contributed by atoms with Gasteiger partial charge in [-0.2, -0.15) is 0 Å². The second kappa shape index (κ2) is 9.35. The summed E-state index contributed by atoms with van der Waals surface area (Å²) >= 11 is 0. The van der Waals surface area contributed by atoms with Crippen molar-refractivity contribution in [2.75, 3.05) is 13.1 Å². The molecular formula is C23H29FN2O3. The molecule has 1 aliphatic rings. The molecule has 3 rings (SSSR count). The minimum atomic E-state index is -1.05. The number of benzene rings is 1. The molecule has 0 unspecified atom stereocenters. The molecule has 1 aromatic heterocycles. The van der Waals surface area contributed by atoms with E-state index in [4.69, 9.17) is 4.74 Å². The van der Waals surface area contributed by atoms with Gasteiger partial charge in [-0.3, -0.25) is 9.78 Å². The number of carbonyl (C=O) groups is 1. The van der Waals surface area contributed by atoms with Crippen LogP contribution in [0.5, 0.6) is 5.75 Å². The predicted molar refractivity (Wildman–Crippen MR) is 109 cm³/mol. The van der Waals surface area contributed by atoms with Gasteiger partial charge < -0.3 is 14.7 Å². The number of hydrogen-bond donors (Lipinski definition) is 1. The van der Waals surface area contributed by atoms with Crippen molar-refractivity contribution in [2.45, 2.75) is 57.7 Å². The fourth-order valence-electron chi connectivity index (χ4n) is 3.73. The van der Waals surface area contributed by atoms with Crippen LogP contribution in [0.1, 0.15) is 55.1 Å². The highest BCUT2D eigenvalue weighted by Crippen LogP contribution is 2.32. The Morgan fingerprint density at radius 2 is 2.17 bits per heavy atom. The van der Waals surface area contributed by atoms with Crippen molar-refractivity contribution in [1.29, 1.82) is 0 Å². The Hall–Kier alpha value is -2.47. The summed E-state index contributed by atoms with van der Waals surface area (Å²) in [6.07, 6.45) is 4.91. The third-order valence-corrected chi connectivity index (χ3v) is 5.53. The zero-order chi connectivity index (χ0) is 20.9. The van der Waals surface area contributed by atoms with Crippen molar-refractivity contribution in [3.63, 3.8) is 0 Å². The van der Waals surface area contributed by atoms with Gasteiger partial charge in [-0.05, 0) is 44.0 Å². The maximum Gasteiger partial charge on any atom is 0.255 e. The van der Waals surface area contributed by atoms with E-state index in [1.165, 1.54) is 12.1 Å². The van der Waals surface area contributed by atoms with Crippen LogP contribution in [-0.2, 0) is 0 Å². The molecule has 156 valence electrons. The Labute approximate surface area is 171 Å². The van der Waals surface area contributed by atoms with Crippen molar-refractivity contribution >= 4 is 5.91 Å². The van der Waals surface area contributed by atoms with Crippen LogP contribution in [0.3, 0.4) is 0 Å². The average Bonchev–Trinajstić information content (AvgIpc) is 2.70. The highest BCUT2D eigenvalue weighted by molar-refractivity contribution is 5.94. The largest absolute Gasteiger partial charge is 0.485 e. The first-order chi connectivity index (χ1) is 13.9. The van der Waals surface area contributed by atoms with Gasteiger partial charge in [0.15, 0.2) is 0 Å². The lowest BCUT2D eigenvalue weighted by atomic mass is 9.83. The molecule has 0 bridgehead atoms. The molecule has 1 saturated heterocycles. The summed E-state index contributed by atoms with van der Waals surface area (Å²) in [7, 11) is 0. The minimum Gasteiger partial charge on any atom is -0.485 e. The topological polar surface area (TPSA) is 62.7 Å². The Morgan fingerprint density at radius 3 is 2.86 bits per heavy atom. The van der Waals surface area contributed by atoms with Crippen LogP contribution in [0.2, 0.25) is 0 Å². The van der Waals surface area contributed by atoms with Gasteiger partial charge in [-0.25, -0.2) is 4.39 Å². The maximum absolute atomic E-state index is 13.6. The molecule has 0 aliphatic carbocycles. The van der Waals surface area contributed by atoms with Gasteiger partial charge in [-0.1, -0.05) is 32.3 Å². The first kappa shape index (κ1) is 21.2. The van der Waals surface area contributed by atoms with E-state index in [1.807, 2.05) is 6.92 Å². The van der Waals surface area contributed by atoms with Gasteiger partial charge in [0.05, 0.1) is 12.1 Å². The molecule has 1 amide bonds. The number of hydrogen-bond acceptors (Lipinski definition) is 4. The number of amides is 1. The summed E-state index contributed by atoms with van der Waals surface area (Å²) in [5, 5.41) is 11.3. The molecule has 2 aromatic rings. The molecule has 2 atom stereocenters. The number of unbranched alkanes of at least 4 members (excludes halogenated alkanes) is 2. The van der Waals surface area contributed by atoms with E-state index in [2.05, 4.69) is 11.9 Å². The Kier molecular flexibility index (Phi) is 6.85. The fourth-order valence-corrected chi connectivity index (χ4v) is 3.73. The number of ether oxygens (including phenoxy) is 1. The van der Waals surface area contributed by atoms with Crippen LogP contribution in [0, 0.1) is 12.7 Å². The van der Waals surface area contributed by atoms with Crippen LogP contribution in [0.15, 0.2) is 42.6 Å². The number of rotatable bonds is 7. The zero-order valence-electron chi connectivity index (χ0n) is 17.1. The molecule has 5 nitrogen and oxygen atoms in total. The molecule has 1 N–H and O–H groups in total. The van der Waals surface area contributed by atoms with Gasteiger partial charge >= 0.3 is 0 Å². The molecule has 1 fully saturated rings. The Balaban J connectivity index is 1.78. The third kappa shape index (κ3) is 5.32. The van der Waals surface area contributed by atoms with Crippen LogP contribution in [0.4, 0.5) is 4.39 Å². The SMILES string of the molecule is CCCCC[C@]1(O)CCN(C(=O)c2ccc(C)nc2)C[C@@H]1Oc1cccc(F)c1. The summed E-state index contributed by atoms with van der Waals surface area (Å²) < 4.78 is 19.6. The number of aromatic nitrogens is 1. The number of nitrogens with zero attached hydrogens (tertiary/aromatic N) is 2. The maximum atomic E-state index is 13.6. The lowest BCUT2D eigenvalue weighted by molar-refractivity contribution is -0.106. The van der Waals surface area contributed by atoms with Crippen molar-refractivity contribution < 1.29 is 19.0 Å². The Morgan fingerprint density at radius 1 is 1.34 bits per heavy atom. The molecule has 2 heterocycles. The summed E-state index contributed by atoms with van der Waals surface area (Å²) in [5.74, 6) is -0.178. The summed E-state index contributed by atoms with van der Waals surface area (Å²) in [4.78, 5) is 18.8. The normalized spacial score (nSPS) is 21.8. The van der Waals surface area contributed by atoms with Gasteiger partial charge in [0, 0.05) is 24.5 Å². The van der Waals surface area contributed by atoms with Gasteiger partial charge in [0.2, 0.25) is 0 Å². The molecule has 1 aromatic carbocycles. The second-order valence-electron chi connectivity index (χ2n) is 7.81. The number of pyridine rings is 1. The van der Waals surface area contributed by atoms with Gasteiger partial charge in [0.1, 0.15) is 23.3 Å². The molecule has 1 aliphatic heterocycles. The molecule has 29 heavy (non-hydrogen) atoms. The van der Waals surface area contributed by atoms with Crippen LogP contribution >= 0.6 is 0 Å². The van der Waals surface area contributed by atoms with Crippen molar-refractivity contribution in [2.24, 2.45) is 0 Å². The van der Waals surface area contributed by atoms with Gasteiger partial charge in [0.25, 0.3) is 5.91 Å². The number of aliphatic hydroxyl groups is 1. The average molecular weight is 400 g/mol. The fraction of sp³-hybridized carbons (Fsp3) is 0.478. The summed E-state index contributed by atoms with van der Waals surface area (Å²) in [6.45, 7) is 4.67. The first-order valence-corrected chi connectivity index (χ1v) is 10.3. The highest BCUT2D eigenvalue weighted by Gasteiger charge is 2.44. The van der Waals surface area contributed by atoms with E-state index in [0.717, 1.165) is 25.0 Å². The van der Waals surface area contributed by atoms with E-state index in [9.17, 15) is 14.3 Å². The molecule has 0 saturated carbocycles. The number of halogens is 1. The monoisotopic (exact) mass is 400 g/mol.